The Bertz CT molecular complexity index is 567. The third kappa shape index (κ3) is 3.12. The van der Waals surface area contributed by atoms with Crippen LogP contribution in [0.1, 0.15) is 34.6 Å². The molecule has 0 spiro atoms. The van der Waals surface area contributed by atoms with E-state index in [1.165, 1.54) is 7.11 Å². The summed E-state index contributed by atoms with van der Waals surface area (Å²) in [6.45, 7) is 4.02. The molecule has 0 saturated heterocycles. The first-order chi connectivity index (χ1) is 9.11. The molecule has 1 aromatic carbocycles. The van der Waals surface area contributed by atoms with Gasteiger partial charge in [0.25, 0.3) is 0 Å². The molecule has 0 saturated carbocycles. The van der Waals surface area contributed by atoms with Gasteiger partial charge in [-0.3, -0.25) is 0 Å². The number of aryl methyl sites for hydroxylation is 1. The van der Waals surface area contributed by atoms with Gasteiger partial charge in [-0.15, -0.1) is 11.3 Å². The average Bonchev–Trinajstić information content (AvgIpc) is 2.94. The molecule has 1 atom stereocenters. The zero-order valence-corrected chi connectivity index (χ0v) is 12.0. The van der Waals surface area contributed by atoms with Crippen molar-refractivity contribution >= 4 is 23.0 Å². The summed E-state index contributed by atoms with van der Waals surface area (Å²) in [4.78, 5) is 15.7. The van der Waals surface area contributed by atoms with Crippen molar-refractivity contribution in [2.45, 2.75) is 19.9 Å². The number of nitrogens with one attached hydrogen (secondary N) is 1. The molecule has 100 valence electrons. The maximum absolute atomic E-state index is 11.4. The van der Waals surface area contributed by atoms with Crippen LogP contribution >= 0.6 is 11.3 Å². The molecule has 0 aliphatic rings. The number of methoxy groups -OCH3 is 1. The van der Waals surface area contributed by atoms with E-state index in [2.05, 4.69) is 17.2 Å². The minimum atomic E-state index is -0.317. The summed E-state index contributed by atoms with van der Waals surface area (Å²) in [7, 11) is 1.38. The summed E-state index contributed by atoms with van der Waals surface area (Å²) < 4.78 is 4.70. The van der Waals surface area contributed by atoms with E-state index in [0.29, 0.717) is 5.56 Å². The lowest BCUT2D eigenvalue weighted by Crippen LogP contribution is -2.09. The van der Waals surface area contributed by atoms with Crippen LogP contribution in [-0.4, -0.2) is 18.1 Å². The zero-order chi connectivity index (χ0) is 13.8. The molecule has 4 nitrogen and oxygen atoms in total. The first-order valence-electron chi connectivity index (χ1n) is 5.95. The predicted molar refractivity (Wildman–Crippen MR) is 76.7 cm³/mol. The van der Waals surface area contributed by atoms with Crippen molar-refractivity contribution in [1.82, 2.24) is 4.98 Å². The third-order valence-electron chi connectivity index (χ3n) is 2.91. The van der Waals surface area contributed by atoms with Crippen LogP contribution in [0.3, 0.4) is 0 Å². The molecule has 0 aliphatic heterocycles. The number of rotatable bonds is 4. The van der Waals surface area contributed by atoms with Crippen molar-refractivity contribution < 1.29 is 9.53 Å². The van der Waals surface area contributed by atoms with E-state index >= 15 is 0 Å². The number of hydrogen-bond acceptors (Lipinski definition) is 5. The molecule has 1 N–H and O–H groups in total. The molecule has 1 aromatic heterocycles. The monoisotopic (exact) mass is 276 g/mol. The summed E-state index contributed by atoms with van der Waals surface area (Å²) >= 11 is 1.58. The highest BCUT2D eigenvalue weighted by Crippen LogP contribution is 2.23. The smallest absolute Gasteiger partial charge is 0.337 e. The number of thiazole rings is 1. The van der Waals surface area contributed by atoms with Crippen LogP contribution in [0, 0.1) is 6.92 Å². The standard InChI is InChI=1S/C14H16N2O2S/c1-9-6-11(14(17)18-3)4-5-12(9)16-10(2)13-7-19-8-15-13/h4-8,10,16H,1-3H3. The summed E-state index contributed by atoms with van der Waals surface area (Å²) in [6.07, 6.45) is 0. The number of ether oxygens (including phenoxy) is 1. The fraction of sp³-hybridized carbons (Fsp3) is 0.286. The van der Waals surface area contributed by atoms with Crippen LogP contribution in [0.5, 0.6) is 0 Å². The van der Waals surface area contributed by atoms with E-state index in [9.17, 15) is 4.79 Å². The first-order valence-corrected chi connectivity index (χ1v) is 6.89. The Morgan fingerprint density at radius 2 is 2.26 bits per heavy atom. The highest BCUT2D eigenvalue weighted by Gasteiger charge is 2.11. The Morgan fingerprint density at radius 3 is 2.84 bits per heavy atom. The van der Waals surface area contributed by atoms with Crippen molar-refractivity contribution in [1.29, 1.82) is 0 Å². The van der Waals surface area contributed by atoms with Crippen LogP contribution in [0.4, 0.5) is 5.69 Å². The second-order valence-electron chi connectivity index (χ2n) is 4.30. The van der Waals surface area contributed by atoms with Gasteiger partial charge in [-0.05, 0) is 37.6 Å². The predicted octanol–water partition coefficient (Wildman–Crippen LogP) is 3.41. The number of carbonyl (C=O) groups excluding carboxylic acids is 1. The summed E-state index contributed by atoms with van der Waals surface area (Å²) in [6, 6.07) is 5.61. The molecule has 0 radical (unpaired) electrons. The van der Waals surface area contributed by atoms with Gasteiger partial charge in [-0.1, -0.05) is 0 Å². The van der Waals surface area contributed by atoms with Crippen LogP contribution in [0.25, 0.3) is 0 Å². The van der Waals surface area contributed by atoms with Gasteiger partial charge in [0.2, 0.25) is 0 Å². The Morgan fingerprint density at radius 1 is 1.47 bits per heavy atom. The second-order valence-corrected chi connectivity index (χ2v) is 5.02. The molecule has 2 aromatic rings. The largest absolute Gasteiger partial charge is 0.465 e. The van der Waals surface area contributed by atoms with Gasteiger partial charge in [0.05, 0.1) is 29.9 Å². The molecule has 1 unspecified atom stereocenters. The molecule has 19 heavy (non-hydrogen) atoms. The van der Waals surface area contributed by atoms with Gasteiger partial charge < -0.3 is 10.1 Å². The minimum absolute atomic E-state index is 0.133. The Hall–Kier alpha value is -1.88. The van der Waals surface area contributed by atoms with E-state index < -0.39 is 0 Å². The normalized spacial score (nSPS) is 11.9. The summed E-state index contributed by atoms with van der Waals surface area (Å²) in [5.74, 6) is -0.317. The fourth-order valence-electron chi connectivity index (χ4n) is 1.81. The molecule has 2 rings (SSSR count). The van der Waals surface area contributed by atoms with Crippen LogP contribution in [0.2, 0.25) is 0 Å². The lowest BCUT2D eigenvalue weighted by molar-refractivity contribution is 0.0600. The summed E-state index contributed by atoms with van der Waals surface area (Å²) in [5, 5.41) is 5.41. The van der Waals surface area contributed by atoms with Crippen molar-refractivity contribution in [2.75, 3.05) is 12.4 Å². The van der Waals surface area contributed by atoms with Crippen molar-refractivity contribution in [3.63, 3.8) is 0 Å². The maximum Gasteiger partial charge on any atom is 0.337 e. The fourth-order valence-corrected chi connectivity index (χ4v) is 2.46. The molecular formula is C14H16N2O2S. The minimum Gasteiger partial charge on any atom is -0.465 e. The number of aromatic nitrogens is 1. The zero-order valence-electron chi connectivity index (χ0n) is 11.1. The number of anilines is 1. The molecular weight excluding hydrogens is 260 g/mol. The van der Waals surface area contributed by atoms with E-state index in [1.54, 1.807) is 17.4 Å². The Kier molecular flexibility index (Phi) is 4.16. The molecule has 0 amide bonds. The molecule has 1 heterocycles. The topological polar surface area (TPSA) is 51.2 Å². The molecule has 0 aliphatic carbocycles. The number of nitrogens with zero attached hydrogens (tertiary/aromatic N) is 1. The molecule has 5 heteroatoms. The van der Waals surface area contributed by atoms with Gasteiger partial charge in [0.1, 0.15) is 0 Å². The Balaban J connectivity index is 2.15. The number of benzene rings is 1. The van der Waals surface area contributed by atoms with Crippen LogP contribution in [-0.2, 0) is 4.74 Å². The van der Waals surface area contributed by atoms with E-state index in [0.717, 1.165) is 16.9 Å². The van der Waals surface area contributed by atoms with E-state index in [4.69, 9.17) is 4.74 Å². The molecule has 0 fully saturated rings. The van der Waals surface area contributed by atoms with Gasteiger partial charge in [0.15, 0.2) is 0 Å². The lowest BCUT2D eigenvalue weighted by atomic mass is 10.1. The SMILES string of the molecule is COC(=O)c1ccc(NC(C)c2cscn2)c(C)c1. The maximum atomic E-state index is 11.4. The van der Waals surface area contributed by atoms with Crippen LogP contribution in [0.15, 0.2) is 29.1 Å². The third-order valence-corrected chi connectivity index (χ3v) is 3.52. The summed E-state index contributed by atoms with van der Waals surface area (Å²) in [5.41, 5.74) is 5.40. The lowest BCUT2D eigenvalue weighted by Gasteiger charge is -2.15. The Labute approximate surface area is 116 Å². The van der Waals surface area contributed by atoms with Crippen molar-refractivity contribution in [3.8, 4) is 0 Å². The van der Waals surface area contributed by atoms with E-state index in [-0.39, 0.29) is 12.0 Å². The highest BCUT2D eigenvalue weighted by molar-refractivity contribution is 7.07. The average molecular weight is 276 g/mol. The number of esters is 1. The van der Waals surface area contributed by atoms with E-state index in [1.807, 2.05) is 29.9 Å². The van der Waals surface area contributed by atoms with Crippen molar-refractivity contribution in [3.05, 3.63) is 45.9 Å². The van der Waals surface area contributed by atoms with Gasteiger partial charge >= 0.3 is 5.97 Å². The van der Waals surface area contributed by atoms with Gasteiger partial charge in [0, 0.05) is 11.1 Å². The first kappa shape index (κ1) is 13.5. The quantitative estimate of drug-likeness (QED) is 0.869. The van der Waals surface area contributed by atoms with Gasteiger partial charge in [-0.2, -0.15) is 0 Å². The molecule has 0 bridgehead atoms. The highest BCUT2D eigenvalue weighted by atomic mass is 32.1. The second kappa shape index (κ2) is 5.84. The van der Waals surface area contributed by atoms with Crippen molar-refractivity contribution in [2.24, 2.45) is 0 Å². The number of carbonyl (C=O) groups is 1. The number of hydrogen-bond donors (Lipinski definition) is 1. The van der Waals surface area contributed by atoms with Gasteiger partial charge in [-0.25, -0.2) is 9.78 Å². The van der Waals surface area contributed by atoms with Crippen LogP contribution < -0.4 is 5.32 Å².